The highest BCUT2D eigenvalue weighted by Gasteiger charge is 2.44. The molecule has 8 heteroatoms. The molecule has 0 radical (unpaired) electrons. The van der Waals surface area contributed by atoms with Crippen molar-refractivity contribution >= 4 is 27.3 Å². The number of imidazole rings is 1. The van der Waals surface area contributed by atoms with Crippen LogP contribution in [0.25, 0.3) is 16.2 Å². The molecule has 32 heavy (non-hydrogen) atoms. The number of fused-ring (bicyclic) bond motifs is 3. The van der Waals surface area contributed by atoms with Gasteiger partial charge in [0.2, 0.25) is 10.1 Å². The van der Waals surface area contributed by atoms with E-state index in [0.29, 0.717) is 12.1 Å². The Bertz CT molecular complexity index is 1210. The number of carbonyl (C=O) groups excluding carboxylic acids is 1. The van der Waals surface area contributed by atoms with E-state index < -0.39 is 0 Å². The quantitative estimate of drug-likeness (QED) is 0.474. The van der Waals surface area contributed by atoms with Crippen molar-refractivity contribution in [1.29, 1.82) is 0 Å². The van der Waals surface area contributed by atoms with E-state index in [0.717, 1.165) is 52.6 Å². The van der Waals surface area contributed by atoms with Crippen LogP contribution in [0.1, 0.15) is 36.0 Å². The normalized spacial score (nSPS) is 22.4. The molecule has 2 atom stereocenters. The molecule has 2 aliphatic rings. The molecule has 6 rings (SSSR count). The van der Waals surface area contributed by atoms with Gasteiger partial charge in [0.1, 0.15) is 0 Å². The molecule has 7 nitrogen and oxygen atoms in total. The highest BCUT2D eigenvalue weighted by molar-refractivity contribution is 7.20. The summed E-state index contributed by atoms with van der Waals surface area (Å²) in [6.07, 6.45) is 9.83. The Hall–Kier alpha value is -3.26. The molecule has 0 N–H and O–H groups in total. The summed E-state index contributed by atoms with van der Waals surface area (Å²) in [5, 5.41) is 5.91. The minimum Gasteiger partial charge on any atom is -0.341 e. The maximum Gasteiger partial charge on any atom is 0.253 e. The monoisotopic (exact) mass is 444 g/mol. The molecule has 0 spiro atoms. The van der Waals surface area contributed by atoms with E-state index in [4.69, 9.17) is 10.1 Å². The summed E-state index contributed by atoms with van der Waals surface area (Å²) in [6, 6.07) is 14.6. The number of piperidine rings is 1. The van der Waals surface area contributed by atoms with Gasteiger partial charge in [-0.1, -0.05) is 29.5 Å². The van der Waals surface area contributed by atoms with Gasteiger partial charge in [-0.05, 0) is 49.9 Å². The SMILES string of the molecule is CN(C(=O)c1ccccc1)C1CC2CCC(C1)N2c1nn2cc(-c3cccnc3)nc2s1. The Morgan fingerprint density at radius 2 is 1.88 bits per heavy atom. The average Bonchev–Trinajstić information content (AvgIpc) is 3.48. The topological polar surface area (TPSA) is 66.6 Å². The van der Waals surface area contributed by atoms with Gasteiger partial charge in [-0.25, -0.2) is 9.50 Å². The number of pyridine rings is 1. The number of benzene rings is 1. The molecule has 2 bridgehead atoms. The second kappa shape index (κ2) is 7.70. The summed E-state index contributed by atoms with van der Waals surface area (Å²) in [7, 11) is 1.95. The average molecular weight is 445 g/mol. The minimum atomic E-state index is 0.110. The molecular formula is C24H24N6OS. The lowest BCUT2D eigenvalue weighted by molar-refractivity contribution is 0.0693. The largest absolute Gasteiger partial charge is 0.341 e. The molecule has 2 saturated heterocycles. The molecule has 2 aliphatic heterocycles. The Kier molecular flexibility index (Phi) is 4.68. The van der Waals surface area contributed by atoms with Crippen LogP contribution < -0.4 is 4.90 Å². The standard InChI is InChI=1S/C24H24N6OS/c1-28(22(31)16-6-3-2-4-7-16)20-12-18-9-10-19(13-20)30(18)24-27-29-15-21(26-23(29)32-24)17-8-5-11-25-14-17/h2-8,11,14-15,18-20H,9-10,12-13H2,1H3. The van der Waals surface area contributed by atoms with E-state index in [1.165, 1.54) is 0 Å². The van der Waals surface area contributed by atoms with Gasteiger partial charge in [0, 0.05) is 48.7 Å². The van der Waals surface area contributed by atoms with Crippen molar-refractivity contribution in [3.05, 3.63) is 66.6 Å². The van der Waals surface area contributed by atoms with Crippen molar-refractivity contribution in [3.8, 4) is 11.3 Å². The van der Waals surface area contributed by atoms with Crippen LogP contribution in [-0.4, -0.2) is 55.6 Å². The Balaban J connectivity index is 1.21. The fourth-order valence-electron chi connectivity index (χ4n) is 5.17. The van der Waals surface area contributed by atoms with E-state index >= 15 is 0 Å². The van der Waals surface area contributed by atoms with Gasteiger partial charge < -0.3 is 9.80 Å². The smallest absolute Gasteiger partial charge is 0.253 e. The van der Waals surface area contributed by atoms with Crippen LogP contribution in [0.5, 0.6) is 0 Å². The first-order valence-electron chi connectivity index (χ1n) is 11.0. The predicted octanol–water partition coefficient (Wildman–Crippen LogP) is 4.12. The third kappa shape index (κ3) is 3.26. The lowest BCUT2D eigenvalue weighted by atomic mass is 9.96. The van der Waals surface area contributed by atoms with Crippen molar-refractivity contribution in [1.82, 2.24) is 24.5 Å². The zero-order valence-electron chi connectivity index (χ0n) is 17.8. The van der Waals surface area contributed by atoms with Gasteiger partial charge in [0.25, 0.3) is 5.91 Å². The lowest BCUT2D eigenvalue weighted by Gasteiger charge is -2.42. The number of aromatic nitrogens is 4. The predicted molar refractivity (Wildman–Crippen MR) is 125 cm³/mol. The van der Waals surface area contributed by atoms with Crippen molar-refractivity contribution in [3.63, 3.8) is 0 Å². The van der Waals surface area contributed by atoms with Crippen LogP contribution in [0.3, 0.4) is 0 Å². The molecule has 1 amide bonds. The molecule has 2 fully saturated rings. The van der Waals surface area contributed by atoms with Crippen LogP contribution in [0.15, 0.2) is 61.1 Å². The summed E-state index contributed by atoms with van der Waals surface area (Å²) in [5.41, 5.74) is 2.65. The maximum absolute atomic E-state index is 12.9. The van der Waals surface area contributed by atoms with Crippen LogP contribution in [0, 0.1) is 0 Å². The van der Waals surface area contributed by atoms with E-state index in [-0.39, 0.29) is 11.9 Å². The summed E-state index contributed by atoms with van der Waals surface area (Å²) >= 11 is 1.65. The number of hydrogen-bond acceptors (Lipinski definition) is 6. The van der Waals surface area contributed by atoms with E-state index in [1.807, 2.05) is 71.3 Å². The third-order valence-electron chi connectivity index (χ3n) is 6.81. The van der Waals surface area contributed by atoms with Gasteiger partial charge >= 0.3 is 0 Å². The van der Waals surface area contributed by atoms with Gasteiger partial charge in [-0.3, -0.25) is 9.78 Å². The number of anilines is 1. The van der Waals surface area contributed by atoms with Crippen LogP contribution in [0.4, 0.5) is 5.13 Å². The fourth-order valence-corrected chi connectivity index (χ4v) is 6.20. The first kappa shape index (κ1) is 19.4. The third-order valence-corrected chi connectivity index (χ3v) is 7.74. The van der Waals surface area contributed by atoms with Crippen molar-refractivity contribution in [2.75, 3.05) is 11.9 Å². The Morgan fingerprint density at radius 3 is 2.56 bits per heavy atom. The molecule has 1 aromatic carbocycles. The summed E-state index contributed by atoms with van der Waals surface area (Å²) < 4.78 is 1.89. The summed E-state index contributed by atoms with van der Waals surface area (Å²) in [6.45, 7) is 0. The second-order valence-corrected chi connectivity index (χ2v) is 9.61. The molecule has 3 aromatic heterocycles. The molecule has 0 saturated carbocycles. The maximum atomic E-state index is 12.9. The molecule has 162 valence electrons. The van der Waals surface area contributed by atoms with Crippen molar-refractivity contribution in [2.45, 2.75) is 43.8 Å². The molecule has 2 unspecified atom stereocenters. The zero-order chi connectivity index (χ0) is 21.7. The Labute approximate surface area is 190 Å². The number of rotatable bonds is 4. The molecule has 5 heterocycles. The fraction of sp³-hybridized carbons (Fsp3) is 0.333. The minimum absolute atomic E-state index is 0.110. The van der Waals surface area contributed by atoms with E-state index in [1.54, 1.807) is 17.5 Å². The zero-order valence-corrected chi connectivity index (χ0v) is 18.7. The van der Waals surface area contributed by atoms with Crippen LogP contribution >= 0.6 is 11.3 Å². The molecule has 0 aliphatic carbocycles. The van der Waals surface area contributed by atoms with Crippen molar-refractivity contribution < 1.29 is 4.79 Å². The summed E-state index contributed by atoms with van der Waals surface area (Å²) in [4.78, 5) is 27.2. The molecule has 4 aromatic rings. The Morgan fingerprint density at radius 1 is 1.09 bits per heavy atom. The number of amides is 1. The number of nitrogens with zero attached hydrogens (tertiary/aromatic N) is 6. The lowest BCUT2D eigenvalue weighted by Crippen LogP contribution is -2.51. The first-order valence-corrected chi connectivity index (χ1v) is 11.9. The number of carbonyl (C=O) groups is 1. The van der Waals surface area contributed by atoms with E-state index in [2.05, 4.69) is 9.88 Å². The highest BCUT2D eigenvalue weighted by Crippen LogP contribution is 2.42. The van der Waals surface area contributed by atoms with Gasteiger partial charge in [0.15, 0.2) is 0 Å². The van der Waals surface area contributed by atoms with Gasteiger partial charge in [-0.2, -0.15) is 0 Å². The van der Waals surface area contributed by atoms with Crippen LogP contribution in [-0.2, 0) is 0 Å². The van der Waals surface area contributed by atoms with Crippen molar-refractivity contribution in [2.24, 2.45) is 0 Å². The first-order chi connectivity index (χ1) is 15.7. The second-order valence-electron chi connectivity index (χ2n) is 8.68. The van der Waals surface area contributed by atoms with Crippen LogP contribution in [0.2, 0.25) is 0 Å². The van der Waals surface area contributed by atoms with Gasteiger partial charge in [0.05, 0.1) is 11.9 Å². The highest BCUT2D eigenvalue weighted by atomic mass is 32.1. The molecular weight excluding hydrogens is 420 g/mol. The van der Waals surface area contributed by atoms with E-state index in [9.17, 15) is 4.79 Å². The van der Waals surface area contributed by atoms with Gasteiger partial charge in [-0.15, -0.1) is 5.10 Å². The number of hydrogen-bond donors (Lipinski definition) is 0. The summed E-state index contributed by atoms with van der Waals surface area (Å²) in [5.74, 6) is 0.110.